The summed E-state index contributed by atoms with van der Waals surface area (Å²) >= 11 is 1.69. The Hall–Kier alpha value is -0.765. The molecule has 0 saturated heterocycles. The van der Waals surface area contributed by atoms with Crippen LogP contribution in [0, 0.1) is 0 Å². The van der Waals surface area contributed by atoms with Crippen LogP contribution in [-0.4, -0.2) is 13.9 Å². The molecule has 0 unspecified atom stereocenters. The van der Waals surface area contributed by atoms with Crippen LogP contribution in [0.15, 0.2) is 23.1 Å². The van der Waals surface area contributed by atoms with Gasteiger partial charge in [-0.2, -0.15) is 0 Å². The molecule has 0 aliphatic carbocycles. The summed E-state index contributed by atoms with van der Waals surface area (Å²) < 4.78 is 10.1. The molecular weight excluding hydrogens is 159 g/mol. The van der Waals surface area contributed by atoms with Gasteiger partial charge in [-0.25, -0.2) is 0 Å². The summed E-state index contributed by atoms with van der Waals surface area (Å²) in [5.74, 6) is 1.60. The second kappa shape index (κ2) is 2.70. The fraction of sp³-hybridized carbons (Fsp3) is 0.143. The van der Waals surface area contributed by atoms with E-state index in [0.717, 1.165) is 11.5 Å². The van der Waals surface area contributed by atoms with Crippen molar-refractivity contribution in [3.63, 3.8) is 0 Å². The van der Waals surface area contributed by atoms with Crippen LogP contribution in [0.25, 0.3) is 0 Å². The molecule has 0 aromatic heterocycles. The van der Waals surface area contributed by atoms with Crippen molar-refractivity contribution in [3.8, 4) is 11.5 Å². The van der Waals surface area contributed by atoms with Gasteiger partial charge in [0.05, 0.1) is 0 Å². The Morgan fingerprint density at radius 2 is 2.09 bits per heavy atom. The predicted molar refractivity (Wildman–Crippen MR) is 45.2 cm³/mol. The molecule has 0 amide bonds. The van der Waals surface area contributed by atoms with Crippen molar-refractivity contribution in [1.82, 2.24) is 0 Å². The second-order valence-electron chi connectivity index (χ2n) is 2.14. The van der Waals surface area contributed by atoms with Gasteiger partial charge in [0, 0.05) is 4.90 Å². The van der Waals surface area contributed by atoms with Crippen LogP contribution in [-0.2, 0) is 0 Å². The van der Waals surface area contributed by atoms with Gasteiger partial charge < -0.3 is 9.31 Å². The van der Waals surface area contributed by atoms with E-state index in [2.05, 4.69) is 0 Å². The zero-order valence-corrected chi connectivity index (χ0v) is 6.85. The molecule has 4 heteroatoms. The summed E-state index contributed by atoms with van der Waals surface area (Å²) in [4.78, 5) is 1.18. The summed E-state index contributed by atoms with van der Waals surface area (Å²) in [7, 11) is 1.34. The van der Waals surface area contributed by atoms with Crippen molar-refractivity contribution >= 4 is 19.4 Å². The first kappa shape index (κ1) is 6.92. The number of hydrogen-bond acceptors (Lipinski definition) is 3. The summed E-state index contributed by atoms with van der Waals surface area (Å²) in [5, 5.41) is 0. The van der Waals surface area contributed by atoms with Crippen LogP contribution in [0.5, 0.6) is 11.5 Å². The Labute approximate surface area is 70.2 Å². The van der Waals surface area contributed by atoms with E-state index in [1.165, 1.54) is 12.6 Å². The van der Waals surface area contributed by atoms with E-state index < -0.39 is 0 Å². The maximum atomic E-state index is 5.08. The minimum absolute atomic E-state index is 0.794. The summed E-state index contributed by atoms with van der Waals surface area (Å²) in [6.07, 6.45) is 2.03. The zero-order valence-electron chi connectivity index (χ0n) is 6.03. The topological polar surface area (TPSA) is 18.5 Å². The van der Waals surface area contributed by atoms with Crippen LogP contribution in [0.3, 0.4) is 0 Å². The molecule has 11 heavy (non-hydrogen) atoms. The van der Waals surface area contributed by atoms with Gasteiger partial charge >= 0.3 is 7.69 Å². The lowest BCUT2D eigenvalue weighted by atomic mass is 10.3. The lowest BCUT2D eigenvalue weighted by Crippen LogP contribution is -1.99. The molecule has 1 heterocycles. The highest BCUT2D eigenvalue weighted by Crippen LogP contribution is 2.34. The molecule has 0 spiro atoms. The number of rotatable bonds is 1. The van der Waals surface area contributed by atoms with E-state index in [1.807, 2.05) is 24.5 Å². The Kier molecular flexibility index (Phi) is 1.70. The predicted octanol–water partition coefficient (Wildman–Crippen LogP) is 1.71. The molecule has 1 aliphatic rings. The van der Waals surface area contributed by atoms with Gasteiger partial charge in [0.15, 0.2) is 0 Å². The first-order chi connectivity index (χ1) is 5.40. The highest BCUT2D eigenvalue weighted by atomic mass is 32.2. The maximum absolute atomic E-state index is 5.08. The fourth-order valence-electron chi connectivity index (χ4n) is 0.933. The number of hydrogen-bond donors (Lipinski definition) is 0. The normalized spacial score (nSPS) is 12.8. The van der Waals surface area contributed by atoms with Gasteiger partial charge in [-0.15, -0.1) is 11.8 Å². The first-order valence-corrected chi connectivity index (χ1v) is 4.45. The summed E-state index contributed by atoms with van der Waals surface area (Å²) in [6.45, 7) is 0. The Morgan fingerprint density at radius 1 is 1.27 bits per heavy atom. The molecule has 1 radical (unpaired) electrons. The lowest BCUT2D eigenvalue weighted by molar-refractivity contribution is 0.541. The highest BCUT2D eigenvalue weighted by molar-refractivity contribution is 7.98. The Morgan fingerprint density at radius 3 is 2.91 bits per heavy atom. The van der Waals surface area contributed by atoms with Crippen molar-refractivity contribution in [2.45, 2.75) is 4.90 Å². The third kappa shape index (κ3) is 1.18. The quantitative estimate of drug-likeness (QED) is 0.466. The van der Waals surface area contributed by atoms with Crippen molar-refractivity contribution in [1.29, 1.82) is 0 Å². The molecule has 1 aromatic carbocycles. The maximum Gasteiger partial charge on any atom is 0.658 e. The monoisotopic (exact) mass is 165 g/mol. The molecule has 0 atom stereocenters. The van der Waals surface area contributed by atoms with Crippen molar-refractivity contribution in [2.75, 3.05) is 6.26 Å². The van der Waals surface area contributed by atoms with Gasteiger partial charge in [-0.1, -0.05) is 0 Å². The highest BCUT2D eigenvalue weighted by Gasteiger charge is 2.16. The largest absolute Gasteiger partial charge is 0.658 e. The van der Waals surface area contributed by atoms with Gasteiger partial charge in [0.1, 0.15) is 11.5 Å². The summed E-state index contributed by atoms with van der Waals surface area (Å²) in [6, 6.07) is 5.88. The van der Waals surface area contributed by atoms with E-state index in [0.29, 0.717) is 0 Å². The van der Waals surface area contributed by atoms with Crippen LogP contribution < -0.4 is 9.31 Å². The van der Waals surface area contributed by atoms with E-state index in [4.69, 9.17) is 9.31 Å². The molecule has 0 N–H and O–H groups in total. The zero-order chi connectivity index (χ0) is 7.68. The Balaban J connectivity index is 2.41. The van der Waals surface area contributed by atoms with Crippen molar-refractivity contribution in [2.24, 2.45) is 0 Å². The molecule has 2 rings (SSSR count). The standard InChI is InChI=1S/C7H6BO2S/c1-11-5-2-3-6-7(4-5)10-8-9-6/h2-4H,1H3. The van der Waals surface area contributed by atoms with Crippen LogP contribution in [0.1, 0.15) is 0 Å². The number of fused-ring (bicyclic) bond motifs is 1. The molecular formula is C7H6BO2S. The molecule has 55 valence electrons. The minimum Gasteiger partial charge on any atom is -0.524 e. The van der Waals surface area contributed by atoms with Gasteiger partial charge in [-0.05, 0) is 24.5 Å². The average molecular weight is 165 g/mol. The van der Waals surface area contributed by atoms with Gasteiger partial charge in [0.25, 0.3) is 0 Å². The number of thioether (sulfide) groups is 1. The smallest absolute Gasteiger partial charge is 0.524 e. The average Bonchev–Trinajstić information content (AvgIpc) is 2.50. The van der Waals surface area contributed by atoms with E-state index in [9.17, 15) is 0 Å². The molecule has 2 nitrogen and oxygen atoms in total. The second-order valence-corrected chi connectivity index (χ2v) is 3.02. The van der Waals surface area contributed by atoms with Gasteiger partial charge in [0.2, 0.25) is 0 Å². The molecule has 1 aliphatic heterocycles. The third-order valence-corrected chi connectivity index (χ3v) is 2.23. The van der Waals surface area contributed by atoms with Gasteiger partial charge in [-0.3, -0.25) is 0 Å². The van der Waals surface area contributed by atoms with E-state index >= 15 is 0 Å². The molecule has 1 aromatic rings. The van der Waals surface area contributed by atoms with Crippen LogP contribution in [0.4, 0.5) is 0 Å². The van der Waals surface area contributed by atoms with Crippen molar-refractivity contribution < 1.29 is 9.31 Å². The molecule has 0 bridgehead atoms. The molecule has 0 saturated carbocycles. The fourth-order valence-corrected chi connectivity index (χ4v) is 1.36. The lowest BCUT2D eigenvalue weighted by Gasteiger charge is -1.99. The van der Waals surface area contributed by atoms with Crippen LogP contribution >= 0.6 is 11.8 Å². The van der Waals surface area contributed by atoms with Crippen LogP contribution in [0.2, 0.25) is 0 Å². The SMILES string of the molecule is CSc1ccc2c(c1)O[B]O2. The minimum atomic E-state index is 0.794. The van der Waals surface area contributed by atoms with E-state index in [-0.39, 0.29) is 0 Å². The first-order valence-electron chi connectivity index (χ1n) is 3.23. The molecule has 0 fully saturated rings. The van der Waals surface area contributed by atoms with E-state index in [1.54, 1.807) is 11.8 Å². The Bertz CT molecular complexity index is 277. The summed E-state index contributed by atoms with van der Waals surface area (Å²) in [5.41, 5.74) is 0. The third-order valence-electron chi connectivity index (χ3n) is 1.50. The van der Waals surface area contributed by atoms with Crippen molar-refractivity contribution in [3.05, 3.63) is 18.2 Å². The number of benzene rings is 1.